The van der Waals surface area contributed by atoms with E-state index in [1.807, 2.05) is 13.8 Å². The van der Waals surface area contributed by atoms with Crippen molar-refractivity contribution in [2.45, 2.75) is 40.2 Å². The Balaban J connectivity index is 4.91. The summed E-state index contributed by atoms with van der Waals surface area (Å²) in [5, 5.41) is -1.14. The van der Waals surface area contributed by atoms with Gasteiger partial charge in [0, 0.05) is 0 Å². The van der Waals surface area contributed by atoms with Crippen molar-refractivity contribution in [1.29, 1.82) is 0 Å². The Kier molecular flexibility index (Phi) is 6.75. The number of hydrogen-bond donors (Lipinski definition) is 0. The van der Waals surface area contributed by atoms with Crippen molar-refractivity contribution in [2.24, 2.45) is 5.92 Å². The highest BCUT2D eigenvalue weighted by molar-refractivity contribution is 8.04. The first-order valence-corrected chi connectivity index (χ1v) is 6.97. The Morgan fingerprint density at radius 1 is 1.33 bits per heavy atom. The van der Waals surface area contributed by atoms with Crippen molar-refractivity contribution in [1.82, 2.24) is 0 Å². The second-order valence-corrected chi connectivity index (χ2v) is 5.60. The van der Waals surface area contributed by atoms with Gasteiger partial charge in [-0.2, -0.15) is 8.42 Å². The molecule has 8 heteroatoms. The van der Waals surface area contributed by atoms with Gasteiger partial charge in [0.15, 0.2) is 0 Å². The first kappa shape index (κ1) is 16.8. The van der Waals surface area contributed by atoms with Gasteiger partial charge < -0.3 is 10.3 Å². The van der Waals surface area contributed by atoms with Gasteiger partial charge in [-0.25, -0.2) is 4.79 Å². The van der Waals surface area contributed by atoms with Crippen molar-refractivity contribution in [2.75, 3.05) is 6.61 Å². The largest absolute Gasteiger partial charge is 0.514 e. The third-order valence-electron chi connectivity index (χ3n) is 1.87. The fourth-order valence-corrected chi connectivity index (χ4v) is 2.32. The van der Waals surface area contributed by atoms with Crippen molar-refractivity contribution >= 4 is 21.1 Å². The summed E-state index contributed by atoms with van der Waals surface area (Å²) >= 11 is 0. The van der Waals surface area contributed by atoms with Crippen LogP contribution in [0, 0.1) is 5.92 Å². The SMILES string of the molecule is CCOC(=O)C(=[N+]=[N-])S(=O)(=O)OC(C)CC(C)C. The summed E-state index contributed by atoms with van der Waals surface area (Å²) in [6, 6.07) is 0. The van der Waals surface area contributed by atoms with Crippen molar-refractivity contribution in [3.63, 3.8) is 0 Å². The molecule has 0 saturated heterocycles. The number of esters is 1. The molecule has 0 aliphatic carbocycles. The smallest absolute Gasteiger partial charge is 0.456 e. The lowest BCUT2D eigenvalue weighted by Gasteiger charge is -2.12. The Morgan fingerprint density at radius 2 is 1.89 bits per heavy atom. The van der Waals surface area contributed by atoms with Gasteiger partial charge in [0.25, 0.3) is 0 Å². The maximum absolute atomic E-state index is 11.7. The monoisotopic (exact) mass is 278 g/mol. The van der Waals surface area contributed by atoms with Crippen molar-refractivity contribution in [3.8, 4) is 0 Å². The second kappa shape index (κ2) is 7.25. The van der Waals surface area contributed by atoms with Crippen molar-refractivity contribution < 1.29 is 26.9 Å². The minimum atomic E-state index is -4.41. The van der Waals surface area contributed by atoms with Crippen LogP contribution in [0.25, 0.3) is 5.53 Å². The topological polar surface area (TPSA) is 106 Å². The highest BCUT2D eigenvalue weighted by Crippen LogP contribution is 2.11. The molecule has 7 nitrogen and oxygen atoms in total. The van der Waals surface area contributed by atoms with E-state index in [2.05, 4.69) is 9.53 Å². The zero-order chi connectivity index (χ0) is 14.3. The van der Waals surface area contributed by atoms with Gasteiger partial charge in [0.1, 0.15) is 0 Å². The number of hydrogen-bond acceptors (Lipinski definition) is 5. The summed E-state index contributed by atoms with van der Waals surface area (Å²) in [4.78, 5) is 13.7. The molecule has 0 saturated carbocycles. The minimum Gasteiger partial charge on any atom is -0.456 e. The number of ether oxygens (including phenoxy) is 1. The van der Waals surface area contributed by atoms with Crippen LogP contribution in [0.1, 0.15) is 34.1 Å². The zero-order valence-corrected chi connectivity index (χ0v) is 11.7. The molecule has 0 aromatic rings. The molecule has 0 spiro atoms. The molecule has 0 N–H and O–H groups in total. The van der Waals surface area contributed by atoms with Gasteiger partial charge in [-0.3, -0.25) is 4.18 Å². The fraction of sp³-hybridized carbons (Fsp3) is 0.800. The molecule has 0 radical (unpaired) electrons. The van der Waals surface area contributed by atoms with Gasteiger partial charge in [0.2, 0.25) is 0 Å². The Morgan fingerprint density at radius 3 is 2.28 bits per heavy atom. The van der Waals surface area contributed by atoms with Crippen LogP contribution in [0.4, 0.5) is 0 Å². The lowest BCUT2D eigenvalue weighted by molar-refractivity contribution is -0.139. The van der Waals surface area contributed by atoms with Crippen LogP contribution in [0.3, 0.4) is 0 Å². The van der Waals surface area contributed by atoms with E-state index in [1.54, 1.807) is 6.92 Å². The summed E-state index contributed by atoms with van der Waals surface area (Å²) < 4.78 is 32.5. The van der Waals surface area contributed by atoms with Crippen LogP contribution in [0.15, 0.2) is 0 Å². The van der Waals surface area contributed by atoms with Gasteiger partial charge in [-0.05, 0) is 26.2 Å². The number of carbonyl (C=O) groups excluding carboxylic acids is 1. The summed E-state index contributed by atoms with van der Waals surface area (Å²) in [6.07, 6.45) is -0.137. The Labute approximate surface area is 107 Å². The molecule has 0 aromatic heterocycles. The van der Waals surface area contributed by atoms with E-state index >= 15 is 0 Å². The molecule has 0 fully saturated rings. The van der Waals surface area contributed by atoms with E-state index in [0.29, 0.717) is 6.42 Å². The lowest BCUT2D eigenvalue weighted by atomic mass is 10.1. The van der Waals surface area contributed by atoms with E-state index in [-0.39, 0.29) is 12.5 Å². The quantitative estimate of drug-likeness (QED) is 0.186. The summed E-state index contributed by atoms with van der Waals surface area (Å²) in [7, 11) is -4.41. The third-order valence-corrected chi connectivity index (χ3v) is 3.18. The van der Waals surface area contributed by atoms with Gasteiger partial charge >= 0.3 is 21.1 Å². The summed E-state index contributed by atoms with van der Waals surface area (Å²) in [6.45, 7) is 6.83. The highest BCUT2D eigenvalue weighted by atomic mass is 32.2. The second-order valence-electron chi connectivity index (χ2n) is 4.12. The minimum absolute atomic E-state index is 0.0328. The predicted molar refractivity (Wildman–Crippen MR) is 64.2 cm³/mol. The standard InChI is InChI=1S/C10H18N2O5S/c1-5-16-10(13)9(12-11)18(14,15)17-8(4)6-7(2)3/h7-8H,5-6H2,1-4H3. The molecule has 104 valence electrons. The third kappa shape index (κ3) is 5.39. The zero-order valence-electron chi connectivity index (χ0n) is 10.9. The van der Waals surface area contributed by atoms with E-state index in [1.165, 1.54) is 6.92 Å². The average Bonchev–Trinajstić information content (AvgIpc) is 2.15. The molecule has 0 heterocycles. The van der Waals surface area contributed by atoms with E-state index in [9.17, 15) is 13.2 Å². The normalized spacial score (nSPS) is 12.9. The summed E-state index contributed by atoms with van der Waals surface area (Å²) in [5.74, 6) is -1.01. The maximum Gasteiger partial charge on any atom is 0.514 e. The first-order chi connectivity index (χ1) is 8.24. The molecule has 1 unspecified atom stereocenters. The summed E-state index contributed by atoms with van der Waals surface area (Å²) in [5.41, 5.74) is 8.58. The number of rotatable bonds is 5. The van der Waals surface area contributed by atoms with Crippen LogP contribution in [-0.2, 0) is 23.8 Å². The van der Waals surface area contributed by atoms with Gasteiger partial charge in [-0.15, -0.1) is 4.79 Å². The maximum atomic E-state index is 11.7. The first-order valence-electron chi connectivity index (χ1n) is 5.57. The van der Waals surface area contributed by atoms with Gasteiger partial charge in [-0.1, -0.05) is 13.8 Å². The molecular weight excluding hydrogens is 260 g/mol. The van der Waals surface area contributed by atoms with E-state index < -0.39 is 27.2 Å². The van der Waals surface area contributed by atoms with Crippen LogP contribution in [0.2, 0.25) is 0 Å². The molecule has 18 heavy (non-hydrogen) atoms. The van der Waals surface area contributed by atoms with Crippen molar-refractivity contribution in [3.05, 3.63) is 5.53 Å². The van der Waals surface area contributed by atoms with E-state index in [4.69, 9.17) is 9.71 Å². The van der Waals surface area contributed by atoms with Crippen LogP contribution < -0.4 is 0 Å². The molecular formula is C10H18N2O5S. The van der Waals surface area contributed by atoms with E-state index in [0.717, 1.165) is 0 Å². The predicted octanol–water partition coefficient (Wildman–Crippen LogP) is 0.959. The molecule has 0 rings (SSSR count). The molecule has 0 aromatic carbocycles. The molecule has 1 atom stereocenters. The van der Waals surface area contributed by atoms with Crippen LogP contribution >= 0.6 is 0 Å². The van der Waals surface area contributed by atoms with Crippen LogP contribution in [0.5, 0.6) is 0 Å². The van der Waals surface area contributed by atoms with Crippen LogP contribution in [-0.4, -0.2) is 36.9 Å². The Bertz CT molecular complexity index is 437. The molecule has 0 aliphatic heterocycles. The number of carbonyl (C=O) groups is 1. The lowest BCUT2D eigenvalue weighted by Crippen LogP contribution is -2.31. The fourth-order valence-electron chi connectivity index (χ4n) is 1.35. The molecule has 0 amide bonds. The molecule has 0 bridgehead atoms. The molecule has 0 aliphatic rings. The number of nitrogens with zero attached hydrogens (tertiary/aromatic N) is 2. The van der Waals surface area contributed by atoms with Gasteiger partial charge in [0.05, 0.1) is 12.7 Å². The Hall–Kier alpha value is -1.24. The average molecular weight is 278 g/mol. The highest BCUT2D eigenvalue weighted by Gasteiger charge is 2.40.